The van der Waals surface area contributed by atoms with E-state index < -0.39 is 0 Å². The number of nitrogens with one attached hydrogen (secondary N) is 4. The summed E-state index contributed by atoms with van der Waals surface area (Å²) in [5.41, 5.74) is 0.764. The van der Waals surface area contributed by atoms with Gasteiger partial charge in [0.15, 0.2) is 0 Å². The van der Waals surface area contributed by atoms with Crippen molar-refractivity contribution in [3.8, 4) is 0 Å². The normalized spacial score (nSPS) is 10.0. The number of aryl methyl sites for hydroxylation is 1. The molecule has 0 unspecified atom stereocenters. The predicted molar refractivity (Wildman–Crippen MR) is 92.9 cm³/mol. The zero-order chi connectivity index (χ0) is 16.5. The number of aromatic nitrogens is 2. The molecule has 0 atom stereocenters. The lowest BCUT2D eigenvalue weighted by Crippen LogP contribution is -2.32. The second-order valence-corrected chi connectivity index (χ2v) is 4.89. The van der Waals surface area contributed by atoms with Gasteiger partial charge in [-0.3, -0.25) is 0 Å². The van der Waals surface area contributed by atoms with Crippen molar-refractivity contribution in [1.29, 1.82) is 0 Å². The number of anilines is 3. The summed E-state index contributed by atoms with van der Waals surface area (Å²) in [7, 11) is 0. The Morgan fingerprint density at radius 1 is 1.04 bits per heavy atom. The van der Waals surface area contributed by atoms with E-state index in [1.54, 1.807) is 0 Å². The fraction of sp³-hybridized carbons (Fsp3) is 0.312. The molecule has 0 aliphatic heterocycles. The lowest BCUT2D eigenvalue weighted by Gasteiger charge is -2.10. The molecule has 1 aromatic carbocycles. The van der Waals surface area contributed by atoms with E-state index in [2.05, 4.69) is 31.2 Å². The molecule has 23 heavy (non-hydrogen) atoms. The number of hydrogen-bond acceptors (Lipinski definition) is 5. The third-order valence-corrected chi connectivity index (χ3v) is 2.94. The van der Waals surface area contributed by atoms with Crippen molar-refractivity contribution < 1.29 is 4.79 Å². The van der Waals surface area contributed by atoms with Crippen LogP contribution in [0.15, 0.2) is 36.4 Å². The summed E-state index contributed by atoms with van der Waals surface area (Å²) in [6.45, 7) is 5.72. The minimum atomic E-state index is -0.231. The van der Waals surface area contributed by atoms with Crippen molar-refractivity contribution >= 4 is 23.4 Å². The molecule has 122 valence electrons. The minimum absolute atomic E-state index is 0.231. The standard InChI is InChI=1S/C16H22N6O/c1-3-17-14-11-15(21-12(2)20-14)18-9-10-19-16(23)22-13-7-5-4-6-8-13/h4-8,11H,3,9-10H2,1-2H3,(H2,19,22,23)(H2,17,18,20,21). The summed E-state index contributed by atoms with van der Waals surface area (Å²) in [4.78, 5) is 20.3. The molecule has 7 nitrogen and oxygen atoms in total. The molecule has 2 amide bonds. The molecule has 0 aliphatic rings. The molecule has 1 heterocycles. The fourth-order valence-electron chi connectivity index (χ4n) is 1.99. The van der Waals surface area contributed by atoms with Gasteiger partial charge in [-0.05, 0) is 26.0 Å². The molecule has 0 fully saturated rings. The van der Waals surface area contributed by atoms with Gasteiger partial charge in [0.25, 0.3) is 0 Å². The van der Waals surface area contributed by atoms with Gasteiger partial charge < -0.3 is 21.3 Å². The maximum atomic E-state index is 11.7. The third-order valence-electron chi connectivity index (χ3n) is 2.94. The Labute approximate surface area is 135 Å². The first-order valence-electron chi connectivity index (χ1n) is 7.60. The molecular weight excluding hydrogens is 292 g/mol. The molecule has 2 aromatic rings. The molecule has 4 N–H and O–H groups in total. The number of para-hydroxylation sites is 1. The highest BCUT2D eigenvalue weighted by Gasteiger charge is 2.02. The lowest BCUT2D eigenvalue weighted by atomic mass is 10.3. The average Bonchev–Trinajstić information content (AvgIpc) is 2.52. The first kappa shape index (κ1) is 16.5. The lowest BCUT2D eigenvalue weighted by molar-refractivity contribution is 0.252. The first-order chi connectivity index (χ1) is 11.2. The fourth-order valence-corrected chi connectivity index (χ4v) is 1.99. The Morgan fingerprint density at radius 3 is 2.43 bits per heavy atom. The number of carbonyl (C=O) groups is 1. The number of carbonyl (C=O) groups excluding carboxylic acids is 1. The van der Waals surface area contributed by atoms with E-state index >= 15 is 0 Å². The number of nitrogens with zero attached hydrogens (tertiary/aromatic N) is 2. The van der Waals surface area contributed by atoms with Gasteiger partial charge in [0, 0.05) is 31.4 Å². The highest BCUT2D eigenvalue weighted by molar-refractivity contribution is 5.89. The summed E-state index contributed by atoms with van der Waals surface area (Å²) < 4.78 is 0. The van der Waals surface area contributed by atoms with Crippen LogP contribution in [0.4, 0.5) is 22.1 Å². The van der Waals surface area contributed by atoms with E-state index in [1.807, 2.05) is 50.2 Å². The van der Waals surface area contributed by atoms with Crippen LogP contribution in [-0.2, 0) is 0 Å². The molecule has 0 saturated carbocycles. The molecule has 0 radical (unpaired) electrons. The Balaban J connectivity index is 1.73. The number of hydrogen-bond donors (Lipinski definition) is 4. The molecule has 0 bridgehead atoms. The van der Waals surface area contributed by atoms with Crippen LogP contribution in [0.1, 0.15) is 12.7 Å². The number of benzene rings is 1. The maximum absolute atomic E-state index is 11.7. The Kier molecular flexibility index (Phi) is 6.17. The Morgan fingerprint density at radius 2 is 1.74 bits per heavy atom. The van der Waals surface area contributed by atoms with Gasteiger partial charge in [0.2, 0.25) is 0 Å². The van der Waals surface area contributed by atoms with E-state index in [-0.39, 0.29) is 6.03 Å². The van der Waals surface area contributed by atoms with Gasteiger partial charge in [-0.15, -0.1) is 0 Å². The van der Waals surface area contributed by atoms with E-state index in [9.17, 15) is 4.79 Å². The molecular formula is C16H22N6O. The van der Waals surface area contributed by atoms with Crippen molar-refractivity contribution in [2.45, 2.75) is 13.8 Å². The van der Waals surface area contributed by atoms with E-state index in [1.165, 1.54) is 0 Å². The third kappa shape index (κ3) is 5.82. The van der Waals surface area contributed by atoms with Gasteiger partial charge in [0.1, 0.15) is 17.5 Å². The van der Waals surface area contributed by atoms with Crippen LogP contribution in [0.25, 0.3) is 0 Å². The van der Waals surface area contributed by atoms with Crippen LogP contribution < -0.4 is 21.3 Å². The topological polar surface area (TPSA) is 91.0 Å². The van der Waals surface area contributed by atoms with E-state index in [0.717, 1.165) is 23.9 Å². The highest BCUT2D eigenvalue weighted by atomic mass is 16.2. The van der Waals surface area contributed by atoms with Gasteiger partial charge >= 0.3 is 6.03 Å². The van der Waals surface area contributed by atoms with Crippen molar-refractivity contribution in [2.75, 3.05) is 35.6 Å². The maximum Gasteiger partial charge on any atom is 0.319 e. The molecule has 0 aliphatic carbocycles. The Bertz CT molecular complexity index is 632. The van der Waals surface area contributed by atoms with Gasteiger partial charge in [0.05, 0.1) is 0 Å². The summed E-state index contributed by atoms with van der Waals surface area (Å²) in [5.74, 6) is 2.22. The summed E-state index contributed by atoms with van der Waals surface area (Å²) in [5, 5.41) is 11.9. The second-order valence-electron chi connectivity index (χ2n) is 4.89. The predicted octanol–water partition coefficient (Wildman–Crippen LogP) is 2.45. The number of rotatable bonds is 7. The molecule has 7 heteroatoms. The monoisotopic (exact) mass is 314 g/mol. The van der Waals surface area contributed by atoms with Crippen molar-refractivity contribution in [1.82, 2.24) is 15.3 Å². The first-order valence-corrected chi connectivity index (χ1v) is 7.60. The van der Waals surface area contributed by atoms with Crippen LogP contribution in [-0.4, -0.2) is 35.6 Å². The van der Waals surface area contributed by atoms with Crippen LogP contribution in [0.5, 0.6) is 0 Å². The van der Waals surface area contributed by atoms with E-state index in [0.29, 0.717) is 18.9 Å². The Hall–Kier alpha value is -2.83. The zero-order valence-electron chi connectivity index (χ0n) is 13.4. The van der Waals surface area contributed by atoms with E-state index in [4.69, 9.17) is 0 Å². The van der Waals surface area contributed by atoms with Crippen molar-refractivity contribution in [2.24, 2.45) is 0 Å². The zero-order valence-corrected chi connectivity index (χ0v) is 13.4. The second kappa shape index (κ2) is 8.57. The van der Waals surface area contributed by atoms with Crippen LogP contribution in [0.3, 0.4) is 0 Å². The molecule has 2 rings (SSSR count). The summed E-state index contributed by atoms with van der Waals surface area (Å²) in [6.07, 6.45) is 0. The summed E-state index contributed by atoms with van der Waals surface area (Å²) in [6, 6.07) is 10.9. The molecule has 0 saturated heterocycles. The van der Waals surface area contributed by atoms with Crippen LogP contribution in [0.2, 0.25) is 0 Å². The quantitative estimate of drug-likeness (QED) is 0.589. The molecule has 1 aromatic heterocycles. The largest absolute Gasteiger partial charge is 0.370 e. The number of amides is 2. The number of urea groups is 1. The smallest absolute Gasteiger partial charge is 0.319 e. The van der Waals surface area contributed by atoms with Crippen LogP contribution >= 0.6 is 0 Å². The van der Waals surface area contributed by atoms with Gasteiger partial charge in [-0.1, -0.05) is 18.2 Å². The van der Waals surface area contributed by atoms with Crippen LogP contribution in [0, 0.1) is 6.92 Å². The van der Waals surface area contributed by atoms with Gasteiger partial charge in [-0.2, -0.15) is 0 Å². The minimum Gasteiger partial charge on any atom is -0.370 e. The highest BCUT2D eigenvalue weighted by Crippen LogP contribution is 2.10. The average molecular weight is 314 g/mol. The van der Waals surface area contributed by atoms with Gasteiger partial charge in [-0.25, -0.2) is 14.8 Å². The SMILES string of the molecule is CCNc1cc(NCCNC(=O)Nc2ccccc2)nc(C)n1. The van der Waals surface area contributed by atoms with Crippen molar-refractivity contribution in [3.63, 3.8) is 0 Å². The summed E-state index contributed by atoms with van der Waals surface area (Å²) >= 11 is 0. The molecule has 0 spiro atoms. The van der Waals surface area contributed by atoms with Crippen molar-refractivity contribution in [3.05, 3.63) is 42.2 Å².